The molecule has 4 aromatic rings. The molecule has 1 aromatic carbocycles. The van der Waals surface area contributed by atoms with Crippen molar-refractivity contribution in [2.24, 2.45) is 0 Å². The van der Waals surface area contributed by atoms with Gasteiger partial charge >= 0.3 is 6.18 Å². The average molecular weight is 529 g/mol. The molecule has 7 nitrogen and oxygen atoms in total. The lowest BCUT2D eigenvalue weighted by molar-refractivity contribution is -0.142. The smallest absolute Gasteiger partial charge is 0.302 e. The summed E-state index contributed by atoms with van der Waals surface area (Å²) in [5.41, 5.74) is -1.83. The Bertz CT molecular complexity index is 1420. The van der Waals surface area contributed by atoms with Crippen molar-refractivity contribution in [3.63, 3.8) is 0 Å². The molecule has 0 bridgehead atoms. The van der Waals surface area contributed by atoms with Crippen LogP contribution >= 0.6 is 23.2 Å². The summed E-state index contributed by atoms with van der Waals surface area (Å²) in [4.78, 5) is 17.0. The summed E-state index contributed by atoms with van der Waals surface area (Å²) in [5.74, 6) is -1.47. The Hall–Kier alpha value is -3.18. The number of alkyl halides is 3. The molecule has 0 saturated heterocycles. The van der Waals surface area contributed by atoms with Gasteiger partial charge in [-0.15, -0.1) is 0 Å². The zero-order valence-corrected chi connectivity index (χ0v) is 20.1. The molecule has 1 amide bonds. The van der Waals surface area contributed by atoms with Crippen molar-refractivity contribution in [1.29, 1.82) is 0 Å². The second-order valence-electron chi connectivity index (χ2n) is 8.75. The molecule has 0 unspecified atom stereocenters. The van der Waals surface area contributed by atoms with E-state index in [9.17, 15) is 22.4 Å². The number of hydrogen-bond donors (Lipinski definition) is 1. The highest BCUT2D eigenvalue weighted by Gasteiger charge is 2.36. The van der Waals surface area contributed by atoms with E-state index in [4.69, 9.17) is 23.2 Å². The first-order valence-electron chi connectivity index (χ1n) is 10.2. The SMILES string of the molecule is CC(C)(C)c1cc(C(F)(F)F)n2nc(C(=O)Nc3nn(Cc4c(F)cccc4Cl)cc3Cl)cc2n1. The molecular weight excluding hydrogens is 511 g/mol. The van der Waals surface area contributed by atoms with Crippen LogP contribution in [-0.4, -0.2) is 30.3 Å². The normalized spacial score (nSPS) is 12.4. The minimum Gasteiger partial charge on any atom is -0.302 e. The largest absolute Gasteiger partial charge is 0.433 e. The van der Waals surface area contributed by atoms with Crippen LogP contribution in [0.2, 0.25) is 10.0 Å². The molecule has 3 heterocycles. The average Bonchev–Trinajstić information content (AvgIpc) is 3.32. The van der Waals surface area contributed by atoms with E-state index in [0.717, 1.165) is 12.1 Å². The predicted molar refractivity (Wildman–Crippen MR) is 122 cm³/mol. The lowest BCUT2D eigenvalue weighted by Gasteiger charge is -2.19. The Morgan fingerprint density at radius 2 is 1.80 bits per heavy atom. The lowest BCUT2D eigenvalue weighted by Crippen LogP contribution is -2.20. The van der Waals surface area contributed by atoms with Crippen LogP contribution < -0.4 is 5.32 Å². The molecule has 0 spiro atoms. The molecule has 0 aliphatic rings. The summed E-state index contributed by atoms with van der Waals surface area (Å²) in [7, 11) is 0. The van der Waals surface area contributed by atoms with Crippen LogP contribution in [0.3, 0.4) is 0 Å². The summed E-state index contributed by atoms with van der Waals surface area (Å²) < 4.78 is 56.9. The monoisotopic (exact) mass is 528 g/mol. The molecule has 0 atom stereocenters. The minimum atomic E-state index is -4.73. The molecule has 0 aliphatic heterocycles. The highest BCUT2D eigenvalue weighted by molar-refractivity contribution is 6.33. The quantitative estimate of drug-likeness (QED) is 0.330. The van der Waals surface area contributed by atoms with Gasteiger partial charge in [-0.3, -0.25) is 9.48 Å². The van der Waals surface area contributed by atoms with Gasteiger partial charge in [0.15, 0.2) is 17.2 Å². The molecule has 3 aromatic heterocycles. The highest BCUT2D eigenvalue weighted by Crippen LogP contribution is 2.33. The van der Waals surface area contributed by atoms with Crippen LogP contribution in [0.5, 0.6) is 0 Å². The number of nitrogens with one attached hydrogen (secondary N) is 1. The lowest BCUT2D eigenvalue weighted by atomic mass is 9.91. The Balaban J connectivity index is 1.64. The van der Waals surface area contributed by atoms with Gasteiger partial charge in [0, 0.05) is 28.3 Å². The number of nitrogens with zero attached hydrogens (tertiary/aromatic N) is 5. The molecule has 13 heteroatoms. The third-order valence-electron chi connectivity index (χ3n) is 5.05. The van der Waals surface area contributed by atoms with E-state index in [0.29, 0.717) is 4.52 Å². The number of carbonyl (C=O) groups is 1. The fourth-order valence-corrected chi connectivity index (χ4v) is 3.67. The summed E-state index contributed by atoms with van der Waals surface area (Å²) in [6.45, 7) is 5.11. The number of benzene rings is 1. The van der Waals surface area contributed by atoms with Gasteiger partial charge in [-0.2, -0.15) is 23.4 Å². The Kier molecular flexibility index (Phi) is 6.26. The first-order chi connectivity index (χ1) is 16.2. The fourth-order valence-electron chi connectivity index (χ4n) is 3.25. The Labute approximate surface area is 206 Å². The van der Waals surface area contributed by atoms with Gasteiger partial charge in [-0.25, -0.2) is 13.9 Å². The zero-order valence-electron chi connectivity index (χ0n) is 18.6. The predicted octanol–water partition coefficient (Wildman–Crippen LogP) is 5.99. The van der Waals surface area contributed by atoms with E-state index in [1.54, 1.807) is 20.8 Å². The number of anilines is 1. The van der Waals surface area contributed by atoms with Gasteiger partial charge < -0.3 is 5.32 Å². The van der Waals surface area contributed by atoms with Crippen LogP contribution in [-0.2, 0) is 18.1 Å². The first-order valence-corrected chi connectivity index (χ1v) is 11.0. The number of amides is 1. The van der Waals surface area contributed by atoms with E-state index in [2.05, 4.69) is 20.5 Å². The maximum absolute atomic E-state index is 14.1. The molecule has 0 radical (unpaired) electrons. The van der Waals surface area contributed by atoms with E-state index >= 15 is 0 Å². The van der Waals surface area contributed by atoms with Crippen LogP contribution in [0.25, 0.3) is 5.65 Å². The molecule has 4 rings (SSSR count). The molecule has 35 heavy (non-hydrogen) atoms. The number of fused-ring (bicyclic) bond motifs is 1. The van der Waals surface area contributed by atoms with Crippen molar-refractivity contribution < 1.29 is 22.4 Å². The number of aromatic nitrogens is 5. The standard InChI is InChI=1S/C22H18Cl2F4N6O/c1-21(2,3)16-8-17(22(26,27)28)34-18(29-16)7-15(31-34)20(35)30-19-13(24)10-33(32-19)9-11-12(23)5-4-6-14(11)25/h4-8,10H,9H2,1-3H3,(H,30,32,35). The van der Waals surface area contributed by atoms with E-state index < -0.39 is 29.0 Å². The highest BCUT2D eigenvalue weighted by atomic mass is 35.5. The second-order valence-corrected chi connectivity index (χ2v) is 9.57. The minimum absolute atomic E-state index is 0.0266. The first kappa shape index (κ1) is 24.9. The number of carbonyl (C=O) groups excluding carboxylic acids is 1. The van der Waals surface area contributed by atoms with Crippen LogP contribution in [0.15, 0.2) is 36.5 Å². The third-order valence-corrected chi connectivity index (χ3v) is 5.68. The molecule has 0 saturated carbocycles. The molecule has 0 aliphatic carbocycles. The maximum Gasteiger partial charge on any atom is 0.433 e. The van der Waals surface area contributed by atoms with Gasteiger partial charge in [-0.05, 0) is 18.2 Å². The van der Waals surface area contributed by atoms with Crippen LogP contribution in [0.4, 0.5) is 23.4 Å². The van der Waals surface area contributed by atoms with E-state index in [-0.39, 0.29) is 45.0 Å². The van der Waals surface area contributed by atoms with Crippen LogP contribution in [0, 0.1) is 5.82 Å². The summed E-state index contributed by atoms with van der Waals surface area (Å²) >= 11 is 12.2. The molecule has 0 fully saturated rings. The second kappa shape index (κ2) is 8.80. The van der Waals surface area contributed by atoms with Crippen molar-refractivity contribution in [3.05, 3.63) is 75.0 Å². The van der Waals surface area contributed by atoms with Crippen LogP contribution in [0.1, 0.15) is 48.2 Å². The van der Waals surface area contributed by atoms with Crippen molar-refractivity contribution in [1.82, 2.24) is 24.4 Å². The summed E-state index contributed by atoms with van der Waals surface area (Å²) in [6, 6.07) is 6.28. The number of halogens is 6. The molecular formula is C22H18Cl2F4N6O. The maximum atomic E-state index is 14.1. The Morgan fingerprint density at radius 3 is 2.43 bits per heavy atom. The van der Waals surface area contributed by atoms with E-state index in [1.165, 1.54) is 29.1 Å². The fraction of sp³-hybridized carbons (Fsp3) is 0.273. The number of rotatable bonds is 4. The van der Waals surface area contributed by atoms with Gasteiger partial charge in [0.2, 0.25) is 0 Å². The van der Waals surface area contributed by atoms with Crippen molar-refractivity contribution in [2.75, 3.05) is 5.32 Å². The van der Waals surface area contributed by atoms with Crippen molar-refractivity contribution in [3.8, 4) is 0 Å². The van der Waals surface area contributed by atoms with Crippen molar-refractivity contribution >= 4 is 40.6 Å². The zero-order chi connectivity index (χ0) is 25.7. The van der Waals surface area contributed by atoms with Gasteiger partial charge in [0.25, 0.3) is 5.91 Å². The van der Waals surface area contributed by atoms with Gasteiger partial charge in [-0.1, -0.05) is 50.0 Å². The van der Waals surface area contributed by atoms with Crippen molar-refractivity contribution in [2.45, 2.75) is 38.9 Å². The topological polar surface area (TPSA) is 77.1 Å². The van der Waals surface area contributed by atoms with Gasteiger partial charge in [0.05, 0.1) is 12.2 Å². The molecule has 184 valence electrons. The van der Waals surface area contributed by atoms with Gasteiger partial charge in [0.1, 0.15) is 16.5 Å². The number of hydrogen-bond acceptors (Lipinski definition) is 4. The van der Waals surface area contributed by atoms with E-state index in [1.807, 2.05) is 0 Å². The molecule has 1 N–H and O–H groups in total. The Morgan fingerprint density at radius 1 is 1.09 bits per heavy atom. The summed E-state index contributed by atoms with van der Waals surface area (Å²) in [6.07, 6.45) is -3.38. The summed E-state index contributed by atoms with van der Waals surface area (Å²) in [5, 5.41) is 10.5. The third kappa shape index (κ3) is 5.10.